The molecule has 1 atom stereocenters. The Hall–Kier alpha value is -3.52. The maximum atomic E-state index is 13.2. The highest BCUT2D eigenvalue weighted by atomic mass is 16.5. The summed E-state index contributed by atoms with van der Waals surface area (Å²) in [5.74, 6) is 0.0742. The molecule has 0 saturated carbocycles. The van der Waals surface area contributed by atoms with Gasteiger partial charge < -0.3 is 29.0 Å². The van der Waals surface area contributed by atoms with Gasteiger partial charge in [0.15, 0.2) is 11.5 Å². The summed E-state index contributed by atoms with van der Waals surface area (Å²) in [6, 6.07) is 9.67. The van der Waals surface area contributed by atoms with Crippen molar-refractivity contribution in [3.8, 4) is 17.2 Å². The van der Waals surface area contributed by atoms with Gasteiger partial charge in [-0.2, -0.15) is 0 Å². The van der Waals surface area contributed by atoms with E-state index in [1.54, 1.807) is 43.5 Å². The first-order chi connectivity index (χ1) is 17.4. The van der Waals surface area contributed by atoms with Crippen molar-refractivity contribution in [3.63, 3.8) is 0 Å². The zero-order chi connectivity index (χ0) is 26.2. The third-order valence-corrected chi connectivity index (χ3v) is 6.21. The monoisotopic (exact) mass is 497 g/mol. The summed E-state index contributed by atoms with van der Waals surface area (Å²) < 4.78 is 21.8. The van der Waals surface area contributed by atoms with Crippen LogP contribution in [0, 0.1) is 6.92 Å². The van der Waals surface area contributed by atoms with Gasteiger partial charge in [-0.3, -0.25) is 9.59 Å². The summed E-state index contributed by atoms with van der Waals surface area (Å²) in [6.45, 7) is 5.30. The van der Waals surface area contributed by atoms with Crippen molar-refractivity contribution in [2.75, 3.05) is 41.1 Å². The summed E-state index contributed by atoms with van der Waals surface area (Å²) in [7, 11) is 4.63. The fourth-order valence-corrected chi connectivity index (χ4v) is 4.30. The second kappa shape index (κ2) is 12.4. The van der Waals surface area contributed by atoms with Gasteiger partial charge in [-0.05, 0) is 61.2 Å². The molecule has 1 saturated heterocycles. The molecule has 0 radical (unpaired) electrons. The molecular weight excluding hydrogens is 462 g/mol. The molecule has 8 nitrogen and oxygen atoms in total. The van der Waals surface area contributed by atoms with Crippen LogP contribution in [0.15, 0.2) is 42.0 Å². The van der Waals surface area contributed by atoms with Crippen molar-refractivity contribution >= 4 is 17.4 Å². The van der Waals surface area contributed by atoms with Crippen molar-refractivity contribution < 1.29 is 33.6 Å². The Labute approximate surface area is 212 Å². The number of aryl methyl sites for hydroxylation is 1. The number of ketones is 1. The number of amides is 1. The molecule has 1 aliphatic heterocycles. The number of Topliss-reactive ketones (excluding diaryl/α,β-unsaturated/α-hetero) is 1. The molecular formula is C28H35NO7. The van der Waals surface area contributed by atoms with Gasteiger partial charge in [0.25, 0.3) is 11.7 Å². The number of carbonyl (C=O) groups is 2. The van der Waals surface area contributed by atoms with Gasteiger partial charge in [0, 0.05) is 25.8 Å². The highest BCUT2D eigenvalue weighted by Crippen LogP contribution is 2.42. The minimum atomic E-state index is -0.789. The summed E-state index contributed by atoms with van der Waals surface area (Å²) >= 11 is 0. The average molecular weight is 498 g/mol. The van der Waals surface area contributed by atoms with Crippen LogP contribution in [0.1, 0.15) is 48.9 Å². The predicted molar refractivity (Wildman–Crippen MR) is 137 cm³/mol. The van der Waals surface area contributed by atoms with E-state index in [9.17, 15) is 14.7 Å². The Morgan fingerprint density at radius 2 is 1.67 bits per heavy atom. The smallest absolute Gasteiger partial charge is 0.295 e. The van der Waals surface area contributed by atoms with Gasteiger partial charge in [-0.15, -0.1) is 0 Å². The van der Waals surface area contributed by atoms with Crippen molar-refractivity contribution in [1.82, 2.24) is 4.90 Å². The molecule has 1 N–H and O–H groups in total. The van der Waals surface area contributed by atoms with Crippen LogP contribution in [-0.2, 0) is 14.3 Å². The third kappa shape index (κ3) is 5.65. The Morgan fingerprint density at radius 1 is 0.944 bits per heavy atom. The van der Waals surface area contributed by atoms with Crippen LogP contribution in [0.5, 0.6) is 17.2 Å². The van der Waals surface area contributed by atoms with Crippen LogP contribution in [0.2, 0.25) is 0 Å². The largest absolute Gasteiger partial charge is 0.507 e. The topological polar surface area (TPSA) is 94.5 Å². The van der Waals surface area contributed by atoms with Crippen molar-refractivity contribution in [2.24, 2.45) is 0 Å². The van der Waals surface area contributed by atoms with E-state index in [4.69, 9.17) is 18.9 Å². The molecule has 3 rings (SSSR count). The van der Waals surface area contributed by atoms with E-state index in [1.165, 1.54) is 19.1 Å². The summed E-state index contributed by atoms with van der Waals surface area (Å²) in [5, 5.41) is 11.3. The van der Waals surface area contributed by atoms with Gasteiger partial charge in [-0.1, -0.05) is 19.4 Å². The molecule has 1 amide bonds. The van der Waals surface area contributed by atoms with Crippen LogP contribution in [0.3, 0.4) is 0 Å². The molecule has 1 aliphatic rings. The van der Waals surface area contributed by atoms with Crippen molar-refractivity contribution in [2.45, 2.75) is 39.2 Å². The molecule has 0 bridgehead atoms. The molecule has 0 aliphatic carbocycles. The number of aliphatic hydroxyl groups excluding tert-OH is 1. The molecule has 194 valence electrons. The maximum Gasteiger partial charge on any atom is 0.295 e. The third-order valence-electron chi connectivity index (χ3n) is 6.21. The second-order valence-electron chi connectivity index (χ2n) is 8.64. The van der Waals surface area contributed by atoms with Crippen molar-refractivity contribution in [3.05, 3.63) is 58.7 Å². The normalized spacial score (nSPS) is 16.9. The Morgan fingerprint density at radius 3 is 2.31 bits per heavy atom. The van der Waals surface area contributed by atoms with Gasteiger partial charge in [0.1, 0.15) is 11.5 Å². The molecule has 8 heteroatoms. The van der Waals surface area contributed by atoms with Crippen molar-refractivity contribution in [1.29, 1.82) is 0 Å². The number of likely N-dealkylation sites (tertiary alicyclic amines) is 1. The van der Waals surface area contributed by atoms with Gasteiger partial charge in [0.2, 0.25) is 0 Å². The van der Waals surface area contributed by atoms with E-state index in [1.807, 2.05) is 6.92 Å². The van der Waals surface area contributed by atoms with Crippen LogP contribution in [0.25, 0.3) is 5.76 Å². The van der Waals surface area contributed by atoms with E-state index in [2.05, 4.69) is 6.92 Å². The molecule has 1 heterocycles. The number of carbonyl (C=O) groups excluding carboxylic acids is 2. The Bertz CT molecular complexity index is 1120. The summed E-state index contributed by atoms with van der Waals surface area (Å²) in [4.78, 5) is 27.8. The van der Waals surface area contributed by atoms with E-state index in [0.29, 0.717) is 42.3 Å². The van der Waals surface area contributed by atoms with Crippen LogP contribution >= 0.6 is 0 Å². The zero-order valence-corrected chi connectivity index (χ0v) is 21.6. The van der Waals surface area contributed by atoms with Gasteiger partial charge in [0.05, 0.1) is 32.4 Å². The van der Waals surface area contributed by atoms with E-state index in [-0.39, 0.29) is 17.9 Å². The van der Waals surface area contributed by atoms with E-state index in [0.717, 1.165) is 24.2 Å². The lowest BCUT2D eigenvalue weighted by Crippen LogP contribution is -2.31. The number of rotatable bonds is 12. The highest BCUT2D eigenvalue weighted by molar-refractivity contribution is 6.46. The lowest BCUT2D eigenvalue weighted by atomic mass is 9.94. The molecule has 0 unspecified atom stereocenters. The lowest BCUT2D eigenvalue weighted by Gasteiger charge is -2.26. The minimum absolute atomic E-state index is 0.0312. The number of methoxy groups -OCH3 is 3. The van der Waals surface area contributed by atoms with Crippen LogP contribution in [0.4, 0.5) is 0 Å². The molecule has 1 fully saturated rings. The second-order valence-corrected chi connectivity index (χ2v) is 8.64. The minimum Gasteiger partial charge on any atom is -0.507 e. The fourth-order valence-electron chi connectivity index (χ4n) is 4.30. The molecule has 2 aromatic rings. The lowest BCUT2D eigenvalue weighted by molar-refractivity contribution is -0.140. The van der Waals surface area contributed by atoms with Gasteiger partial charge >= 0.3 is 0 Å². The molecule has 0 spiro atoms. The number of unbranched alkanes of at least 4 members (excludes halogenated alkanes) is 1. The number of aliphatic hydroxyl groups is 1. The molecule has 0 aromatic heterocycles. The Kier molecular flexibility index (Phi) is 9.36. The molecule has 2 aromatic carbocycles. The maximum absolute atomic E-state index is 13.2. The van der Waals surface area contributed by atoms with E-state index < -0.39 is 17.7 Å². The summed E-state index contributed by atoms with van der Waals surface area (Å²) in [5.41, 5.74) is 1.92. The highest BCUT2D eigenvalue weighted by Gasteiger charge is 2.46. The fraction of sp³-hybridized carbons (Fsp3) is 0.429. The SMILES string of the molecule is CCCCOc1ccc(C(O)=C2C(=O)C(=O)N(CCCOC)[C@H]2c2ccc(OC)c(OC)c2)cc1C. The quantitative estimate of drug-likeness (QED) is 0.197. The standard InChI is InChI=1S/C28H35NO7/c1-6-7-15-36-21-11-10-20(16-18(21)2)26(30)24-25(19-9-12-22(34-4)23(17-19)35-5)29(13-8-14-33-3)28(32)27(24)31/h9-12,16-17,25,30H,6-8,13-15H2,1-5H3/t25-/m0/s1. The van der Waals surface area contributed by atoms with Crippen LogP contribution < -0.4 is 14.2 Å². The number of hydrogen-bond acceptors (Lipinski definition) is 7. The zero-order valence-electron chi connectivity index (χ0n) is 21.6. The first-order valence-electron chi connectivity index (χ1n) is 12.1. The molecule has 36 heavy (non-hydrogen) atoms. The predicted octanol–water partition coefficient (Wildman–Crippen LogP) is 4.65. The number of ether oxygens (including phenoxy) is 4. The Balaban J connectivity index is 2.09. The first kappa shape index (κ1) is 27.1. The number of benzene rings is 2. The first-order valence-corrected chi connectivity index (χ1v) is 12.1. The van der Waals surface area contributed by atoms with Gasteiger partial charge in [-0.25, -0.2) is 0 Å². The number of hydrogen-bond donors (Lipinski definition) is 1. The van der Waals surface area contributed by atoms with Crippen LogP contribution in [-0.4, -0.2) is 62.8 Å². The number of nitrogens with zero attached hydrogens (tertiary/aromatic N) is 1. The average Bonchev–Trinajstić information content (AvgIpc) is 3.14. The summed E-state index contributed by atoms with van der Waals surface area (Å²) in [6.07, 6.45) is 2.51. The van der Waals surface area contributed by atoms with E-state index >= 15 is 0 Å².